The smallest absolute Gasteiger partial charge is 0.342 e. The number of halogens is 1. The molecule has 2 rings (SSSR count). The summed E-state index contributed by atoms with van der Waals surface area (Å²) in [4.78, 5) is 12.3. The van der Waals surface area contributed by atoms with Gasteiger partial charge in [0.2, 0.25) is 0 Å². The molecule has 0 bridgehead atoms. The first-order valence-electron chi connectivity index (χ1n) is 8.46. The van der Waals surface area contributed by atoms with E-state index in [0.29, 0.717) is 35.3 Å². The lowest BCUT2D eigenvalue weighted by Crippen LogP contribution is -2.07. The number of rotatable bonds is 7. The number of phenolic OH excluding ortho intramolecular Hbond substituents is 1. The Bertz CT molecular complexity index is 884. The van der Waals surface area contributed by atoms with Gasteiger partial charge in [-0.05, 0) is 49.1 Å². The van der Waals surface area contributed by atoms with Crippen LogP contribution in [-0.2, 0) is 11.2 Å². The highest BCUT2D eigenvalue weighted by molar-refractivity contribution is 5.98. The zero-order valence-corrected chi connectivity index (χ0v) is 15.7. The van der Waals surface area contributed by atoms with Crippen molar-refractivity contribution in [2.75, 3.05) is 14.2 Å². The predicted octanol–water partition coefficient (Wildman–Crippen LogP) is 5.01. The van der Waals surface area contributed by atoms with Crippen LogP contribution >= 0.6 is 0 Å². The van der Waals surface area contributed by atoms with Gasteiger partial charge in [-0.2, -0.15) is 0 Å². The number of ether oxygens (including phenoxy) is 2. The van der Waals surface area contributed by atoms with E-state index in [2.05, 4.69) is 6.58 Å². The number of carbonyl (C=O) groups is 1. The molecule has 0 radical (unpaired) electrons. The Morgan fingerprint density at radius 1 is 1.26 bits per heavy atom. The third kappa shape index (κ3) is 4.97. The summed E-state index contributed by atoms with van der Waals surface area (Å²) in [5.41, 5.74) is 2.55. The summed E-state index contributed by atoms with van der Waals surface area (Å²) < 4.78 is 23.6. The van der Waals surface area contributed by atoms with Gasteiger partial charge in [-0.25, -0.2) is 9.18 Å². The molecule has 0 heterocycles. The normalized spacial score (nSPS) is 10.8. The summed E-state index contributed by atoms with van der Waals surface area (Å²) in [6.45, 7) is 5.75. The molecule has 0 spiro atoms. The molecule has 2 aromatic rings. The van der Waals surface area contributed by atoms with E-state index in [-0.39, 0.29) is 17.1 Å². The Morgan fingerprint density at radius 3 is 2.59 bits per heavy atom. The highest BCUT2D eigenvalue weighted by atomic mass is 19.1. The van der Waals surface area contributed by atoms with E-state index in [9.17, 15) is 14.3 Å². The first-order chi connectivity index (χ1) is 12.9. The third-order valence-corrected chi connectivity index (χ3v) is 4.11. The van der Waals surface area contributed by atoms with E-state index >= 15 is 0 Å². The van der Waals surface area contributed by atoms with Gasteiger partial charge in [0.1, 0.15) is 22.9 Å². The largest absolute Gasteiger partial charge is 0.507 e. The average Bonchev–Trinajstić information content (AvgIpc) is 2.64. The summed E-state index contributed by atoms with van der Waals surface area (Å²) in [7, 11) is 2.75. The number of aromatic hydroxyl groups is 1. The summed E-state index contributed by atoms with van der Waals surface area (Å²) >= 11 is 0. The minimum Gasteiger partial charge on any atom is -0.507 e. The summed E-state index contributed by atoms with van der Waals surface area (Å²) in [6.07, 6.45) is 4.38. The van der Waals surface area contributed by atoms with Crippen LogP contribution in [0, 0.1) is 5.82 Å². The van der Waals surface area contributed by atoms with E-state index in [4.69, 9.17) is 9.47 Å². The molecule has 0 aliphatic heterocycles. The molecular formula is C22H23FO4. The Balaban J connectivity index is 2.56. The first-order valence-corrected chi connectivity index (χ1v) is 8.46. The van der Waals surface area contributed by atoms with Crippen LogP contribution in [0.25, 0.3) is 12.2 Å². The fourth-order valence-electron chi connectivity index (χ4n) is 2.71. The van der Waals surface area contributed by atoms with Gasteiger partial charge in [0.15, 0.2) is 0 Å². The SMILES string of the molecule is C=C(C)CCc1c(OC)cc(/C=C/c2cccc(F)c2)c(C(=O)OC)c1O. The van der Waals surface area contributed by atoms with E-state index in [1.807, 2.05) is 6.92 Å². The van der Waals surface area contributed by atoms with Crippen molar-refractivity contribution in [1.29, 1.82) is 0 Å². The van der Waals surface area contributed by atoms with E-state index in [0.717, 1.165) is 5.57 Å². The maximum absolute atomic E-state index is 13.4. The molecule has 0 amide bonds. The van der Waals surface area contributed by atoms with Crippen molar-refractivity contribution in [3.8, 4) is 11.5 Å². The Labute approximate surface area is 158 Å². The van der Waals surface area contributed by atoms with Gasteiger partial charge < -0.3 is 14.6 Å². The van der Waals surface area contributed by atoms with Crippen molar-refractivity contribution in [3.63, 3.8) is 0 Å². The van der Waals surface area contributed by atoms with Crippen LogP contribution in [0.1, 0.15) is 40.4 Å². The Morgan fingerprint density at radius 2 is 2.00 bits per heavy atom. The lowest BCUT2D eigenvalue weighted by atomic mass is 9.96. The van der Waals surface area contributed by atoms with Crippen molar-refractivity contribution >= 4 is 18.1 Å². The molecule has 2 aromatic carbocycles. The fraction of sp³-hybridized carbons (Fsp3) is 0.227. The van der Waals surface area contributed by atoms with Gasteiger partial charge in [0.05, 0.1) is 14.2 Å². The number of hydrogen-bond donors (Lipinski definition) is 1. The third-order valence-electron chi connectivity index (χ3n) is 4.11. The zero-order valence-electron chi connectivity index (χ0n) is 15.7. The van der Waals surface area contributed by atoms with Crippen LogP contribution in [-0.4, -0.2) is 25.3 Å². The molecule has 4 nitrogen and oxygen atoms in total. The fourth-order valence-corrected chi connectivity index (χ4v) is 2.71. The first kappa shape index (κ1) is 20.2. The lowest BCUT2D eigenvalue weighted by Gasteiger charge is -2.16. The highest BCUT2D eigenvalue weighted by Gasteiger charge is 2.22. The maximum Gasteiger partial charge on any atom is 0.342 e. The molecule has 0 aromatic heterocycles. The zero-order chi connectivity index (χ0) is 20.0. The van der Waals surface area contributed by atoms with Crippen LogP contribution in [0.5, 0.6) is 11.5 Å². The Kier molecular flexibility index (Phi) is 6.77. The number of esters is 1. The summed E-state index contributed by atoms with van der Waals surface area (Å²) in [5.74, 6) is -0.742. The van der Waals surface area contributed by atoms with Crippen LogP contribution in [0.3, 0.4) is 0 Å². The monoisotopic (exact) mass is 370 g/mol. The van der Waals surface area contributed by atoms with Crippen molar-refractivity contribution in [2.24, 2.45) is 0 Å². The van der Waals surface area contributed by atoms with Gasteiger partial charge in [-0.3, -0.25) is 0 Å². The van der Waals surface area contributed by atoms with Gasteiger partial charge in [0, 0.05) is 5.56 Å². The second-order valence-electron chi connectivity index (χ2n) is 6.21. The molecule has 0 aliphatic rings. The number of allylic oxidation sites excluding steroid dienone is 1. The van der Waals surface area contributed by atoms with Crippen molar-refractivity contribution in [3.05, 3.63) is 70.6 Å². The molecule has 0 saturated carbocycles. The standard InChI is InChI=1S/C22H23FO4/c1-14(2)8-11-18-19(26-3)13-16(20(21(18)24)22(25)27-4)10-9-15-6-5-7-17(23)12-15/h5-7,9-10,12-13,24H,1,8,11H2,2-4H3/b10-9+. The van der Waals surface area contributed by atoms with Gasteiger partial charge in [-0.1, -0.05) is 29.9 Å². The molecule has 0 saturated heterocycles. The van der Waals surface area contributed by atoms with Crippen molar-refractivity contribution in [2.45, 2.75) is 19.8 Å². The second kappa shape index (κ2) is 9.03. The highest BCUT2D eigenvalue weighted by Crippen LogP contribution is 2.37. The summed E-state index contributed by atoms with van der Waals surface area (Å²) in [6, 6.07) is 7.70. The number of carbonyl (C=O) groups excluding carboxylic acids is 1. The number of hydrogen-bond acceptors (Lipinski definition) is 4. The van der Waals surface area contributed by atoms with E-state index in [1.54, 1.807) is 30.4 Å². The molecule has 142 valence electrons. The van der Waals surface area contributed by atoms with Crippen LogP contribution in [0.15, 0.2) is 42.5 Å². The van der Waals surface area contributed by atoms with Gasteiger partial charge >= 0.3 is 5.97 Å². The molecule has 0 unspecified atom stereocenters. The molecule has 0 aliphatic carbocycles. The molecule has 1 N–H and O–H groups in total. The van der Waals surface area contributed by atoms with E-state index in [1.165, 1.54) is 26.4 Å². The quantitative estimate of drug-likeness (QED) is 0.423. The second-order valence-corrected chi connectivity index (χ2v) is 6.21. The van der Waals surface area contributed by atoms with Crippen molar-refractivity contribution < 1.29 is 23.8 Å². The van der Waals surface area contributed by atoms with E-state index < -0.39 is 5.97 Å². The topological polar surface area (TPSA) is 55.8 Å². The van der Waals surface area contributed by atoms with Gasteiger partial charge in [-0.15, -0.1) is 6.58 Å². The minimum atomic E-state index is -0.661. The van der Waals surface area contributed by atoms with Crippen LogP contribution in [0.2, 0.25) is 0 Å². The molecular weight excluding hydrogens is 347 g/mol. The predicted molar refractivity (Wildman–Crippen MR) is 104 cm³/mol. The molecule has 0 atom stereocenters. The lowest BCUT2D eigenvalue weighted by molar-refractivity contribution is 0.0597. The molecule has 27 heavy (non-hydrogen) atoms. The van der Waals surface area contributed by atoms with Crippen LogP contribution in [0.4, 0.5) is 4.39 Å². The van der Waals surface area contributed by atoms with Crippen molar-refractivity contribution in [1.82, 2.24) is 0 Å². The number of methoxy groups -OCH3 is 2. The average molecular weight is 370 g/mol. The van der Waals surface area contributed by atoms with Crippen LogP contribution < -0.4 is 4.74 Å². The Hall–Kier alpha value is -3.08. The molecule has 0 fully saturated rings. The minimum absolute atomic E-state index is 0.0441. The maximum atomic E-state index is 13.4. The number of benzene rings is 2. The molecule has 5 heteroatoms. The van der Waals surface area contributed by atoms with Gasteiger partial charge in [0.25, 0.3) is 0 Å². The number of phenols is 1. The summed E-state index contributed by atoms with van der Waals surface area (Å²) in [5, 5.41) is 10.7.